The first-order valence-electron chi connectivity index (χ1n) is 7.73. The molecular formula is C16H24Cl4N2O. The number of nitrogens with zero attached hydrogens (tertiary/aromatic N) is 1. The Morgan fingerprint density at radius 1 is 1.09 bits per heavy atom. The summed E-state index contributed by atoms with van der Waals surface area (Å²) in [6, 6.07) is 6.30. The smallest absolute Gasteiger partial charge is 0.0469 e. The molecule has 23 heavy (non-hydrogen) atoms. The number of ether oxygens (including phenoxy) is 1. The highest BCUT2D eigenvalue weighted by Crippen LogP contribution is 2.39. The second-order valence-electron chi connectivity index (χ2n) is 5.85. The van der Waals surface area contributed by atoms with Gasteiger partial charge in [0.2, 0.25) is 0 Å². The van der Waals surface area contributed by atoms with Crippen molar-refractivity contribution in [3.05, 3.63) is 33.8 Å². The maximum absolute atomic E-state index is 6.50. The van der Waals surface area contributed by atoms with E-state index in [1.54, 1.807) is 0 Å². The second kappa shape index (κ2) is 10.3. The lowest BCUT2D eigenvalue weighted by Crippen LogP contribution is -2.47. The van der Waals surface area contributed by atoms with Gasteiger partial charge in [-0.1, -0.05) is 29.3 Å². The molecule has 0 amide bonds. The van der Waals surface area contributed by atoms with Gasteiger partial charge in [0.25, 0.3) is 0 Å². The first kappa shape index (κ1) is 21.3. The predicted octanol–water partition coefficient (Wildman–Crippen LogP) is 4.21. The number of hydrogen-bond acceptors (Lipinski definition) is 3. The number of hydrogen-bond donors (Lipinski definition) is 1. The number of piperazine rings is 1. The Balaban J connectivity index is 0.00000132. The third-order valence-corrected chi connectivity index (χ3v) is 5.10. The molecule has 2 fully saturated rings. The normalized spacial score (nSPS) is 21.1. The number of benzene rings is 1. The van der Waals surface area contributed by atoms with Crippen LogP contribution < -0.4 is 5.32 Å². The van der Waals surface area contributed by atoms with Crippen LogP contribution in [0.2, 0.25) is 10.0 Å². The average molecular weight is 402 g/mol. The standard InChI is InChI=1S/C16H22Cl2N2O.2ClH/c17-13-1-2-14(15(18)11-13)16(12-3-9-21-10-4-12)20-7-5-19-6-8-20;;/h1-2,11-12,16,19H,3-10H2;2*1H/t16-;;/m1../s1. The monoisotopic (exact) mass is 400 g/mol. The Morgan fingerprint density at radius 3 is 2.35 bits per heavy atom. The molecule has 0 saturated carbocycles. The van der Waals surface area contributed by atoms with Gasteiger partial charge in [-0.05, 0) is 36.5 Å². The van der Waals surface area contributed by atoms with Crippen LogP contribution in [0.5, 0.6) is 0 Å². The molecule has 3 rings (SSSR count). The van der Waals surface area contributed by atoms with Crippen LogP contribution in [-0.2, 0) is 4.74 Å². The zero-order chi connectivity index (χ0) is 14.7. The largest absolute Gasteiger partial charge is 0.381 e. The maximum Gasteiger partial charge on any atom is 0.0469 e. The fraction of sp³-hybridized carbons (Fsp3) is 0.625. The lowest BCUT2D eigenvalue weighted by molar-refractivity contribution is 0.0213. The summed E-state index contributed by atoms with van der Waals surface area (Å²) < 4.78 is 5.54. The molecule has 0 aliphatic carbocycles. The zero-order valence-electron chi connectivity index (χ0n) is 13.0. The quantitative estimate of drug-likeness (QED) is 0.820. The van der Waals surface area contributed by atoms with E-state index < -0.39 is 0 Å². The number of nitrogens with one attached hydrogen (secondary N) is 1. The summed E-state index contributed by atoms with van der Waals surface area (Å²) in [6.45, 7) is 5.95. The highest BCUT2D eigenvalue weighted by Gasteiger charge is 2.32. The van der Waals surface area contributed by atoms with E-state index in [2.05, 4.69) is 16.3 Å². The maximum atomic E-state index is 6.50. The van der Waals surface area contributed by atoms with E-state index in [0.717, 1.165) is 57.3 Å². The van der Waals surface area contributed by atoms with Gasteiger partial charge >= 0.3 is 0 Å². The highest BCUT2D eigenvalue weighted by molar-refractivity contribution is 6.35. The van der Waals surface area contributed by atoms with Crippen LogP contribution >= 0.6 is 48.0 Å². The van der Waals surface area contributed by atoms with Crippen molar-refractivity contribution in [1.29, 1.82) is 0 Å². The van der Waals surface area contributed by atoms with Crippen molar-refractivity contribution in [2.45, 2.75) is 18.9 Å². The molecule has 0 radical (unpaired) electrons. The van der Waals surface area contributed by atoms with Gasteiger partial charge < -0.3 is 10.1 Å². The van der Waals surface area contributed by atoms with E-state index in [9.17, 15) is 0 Å². The average Bonchev–Trinajstić information content (AvgIpc) is 2.52. The van der Waals surface area contributed by atoms with Crippen molar-refractivity contribution in [2.24, 2.45) is 5.92 Å². The summed E-state index contributed by atoms with van der Waals surface area (Å²) in [4.78, 5) is 2.57. The van der Waals surface area contributed by atoms with Crippen molar-refractivity contribution in [2.75, 3.05) is 39.4 Å². The number of rotatable bonds is 3. The van der Waals surface area contributed by atoms with Crippen molar-refractivity contribution < 1.29 is 4.74 Å². The summed E-state index contributed by atoms with van der Waals surface area (Å²) in [6.07, 6.45) is 2.21. The third kappa shape index (κ3) is 5.37. The molecule has 2 heterocycles. The first-order chi connectivity index (χ1) is 10.3. The van der Waals surface area contributed by atoms with Gasteiger partial charge in [0.15, 0.2) is 0 Å². The van der Waals surface area contributed by atoms with Crippen LogP contribution in [0.15, 0.2) is 18.2 Å². The van der Waals surface area contributed by atoms with Crippen molar-refractivity contribution >= 4 is 48.0 Å². The van der Waals surface area contributed by atoms with Crippen LogP contribution in [0, 0.1) is 5.92 Å². The molecule has 3 nitrogen and oxygen atoms in total. The van der Waals surface area contributed by atoms with Crippen molar-refractivity contribution in [3.8, 4) is 0 Å². The minimum absolute atomic E-state index is 0. The minimum Gasteiger partial charge on any atom is -0.381 e. The molecule has 1 aromatic rings. The fourth-order valence-corrected chi connectivity index (χ4v) is 4.00. The second-order valence-corrected chi connectivity index (χ2v) is 6.69. The molecule has 0 spiro atoms. The van der Waals surface area contributed by atoms with Crippen LogP contribution in [0.4, 0.5) is 0 Å². The molecule has 0 unspecified atom stereocenters. The fourth-order valence-electron chi connectivity index (χ4n) is 3.48. The zero-order valence-corrected chi connectivity index (χ0v) is 16.1. The molecule has 2 aliphatic rings. The van der Waals surface area contributed by atoms with Gasteiger partial charge in [0.05, 0.1) is 0 Å². The summed E-state index contributed by atoms with van der Waals surface area (Å²) in [5, 5.41) is 4.92. The van der Waals surface area contributed by atoms with Gasteiger partial charge in [0.1, 0.15) is 0 Å². The topological polar surface area (TPSA) is 24.5 Å². The minimum atomic E-state index is 0. The van der Waals surface area contributed by atoms with Crippen LogP contribution in [-0.4, -0.2) is 44.3 Å². The van der Waals surface area contributed by atoms with E-state index in [0.29, 0.717) is 17.0 Å². The predicted molar refractivity (Wildman–Crippen MR) is 102 cm³/mol. The van der Waals surface area contributed by atoms with E-state index >= 15 is 0 Å². The van der Waals surface area contributed by atoms with Crippen LogP contribution in [0.25, 0.3) is 0 Å². The van der Waals surface area contributed by atoms with E-state index in [-0.39, 0.29) is 24.8 Å². The van der Waals surface area contributed by atoms with E-state index in [1.165, 1.54) is 5.56 Å². The molecule has 2 saturated heterocycles. The molecule has 1 N–H and O–H groups in total. The Morgan fingerprint density at radius 2 is 1.74 bits per heavy atom. The van der Waals surface area contributed by atoms with Gasteiger partial charge in [-0.2, -0.15) is 0 Å². The summed E-state index contributed by atoms with van der Waals surface area (Å²) in [5.41, 5.74) is 1.22. The summed E-state index contributed by atoms with van der Waals surface area (Å²) in [5.74, 6) is 0.607. The van der Waals surface area contributed by atoms with E-state index in [4.69, 9.17) is 27.9 Å². The van der Waals surface area contributed by atoms with Gasteiger partial charge in [-0.25, -0.2) is 0 Å². The molecule has 0 bridgehead atoms. The Labute approximate surface area is 160 Å². The first-order valence-corrected chi connectivity index (χ1v) is 8.49. The third-order valence-electron chi connectivity index (χ3n) is 4.54. The summed E-state index contributed by atoms with van der Waals surface area (Å²) in [7, 11) is 0. The molecule has 0 aromatic heterocycles. The molecule has 2 aliphatic heterocycles. The van der Waals surface area contributed by atoms with Gasteiger partial charge in [-0.3, -0.25) is 4.90 Å². The molecule has 7 heteroatoms. The Hall–Kier alpha value is 0.260. The molecule has 1 aromatic carbocycles. The van der Waals surface area contributed by atoms with Crippen LogP contribution in [0.1, 0.15) is 24.4 Å². The Bertz CT molecular complexity index is 459. The summed E-state index contributed by atoms with van der Waals surface area (Å²) >= 11 is 12.6. The van der Waals surface area contributed by atoms with Gasteiger partial charge in [-0.15, -0.1) is 24.8 Å². The van der Waals surface area contributed by atoms with Gasteiger partial charge in [0, 0.05) is 55.5 Å². The highest BCUT2D eigenvalue weighted by atomic mass is 35.5. The molecular weight excluding hydrogens is 378 g/mol. The lowest BCUT2D eigenvalue weighted by Gasteiger charge is -2.41. The molecule has 1 atom stereocenters. The van der Waals surface area contributed by atoms with Crippen molar-refractivity contribution in [1.82, 2.24) is 10.2 Å². The SMILES string of the molecule is Cl.Cl.Clc1ccc([C@@H](C2CCOCC2)N2CCNCC2)c(Cl)c1. The lowest BCUT2D eigenvalue weighted by atomic mass is 9.85. The molecule has 132 valence electrons. The van der Waals surface area contributed by atoms with Crippen LogP contribution in [0.3, 0.4) is 0 Å². The Kier molecular flexibility index (Phi) is 9.54. The van der Waals surface area contributed by atoms with Crippen molar-refractivity contribution in [3.63, 3.8) is 0 Å². The van der Waals surface area contributed by atoms with E-state index in [1.807, 2.05) is 12.1 Å². The number of halogens is 4.